The number of ether oxygens (including phenoxy) is 1. The van der Waals surface area contributed by atoms with E-state index in [1.807, 2.05) is 0 Å². The Morgan fingerprint density at radius 1 is 1.41 bits per heavy atom. The lowest BCUT2D eigenvalue weighted by atomic mass is 9.67. The van der Waals surface area contributed by atoms with Crippen molar-refractivity contribution in [3.05, 3.63) is 0 Å². The molecule has 0 spiro atoms. The summed E-state index contributed by atoms with van der Waals surface area (Å²) < 4.78 is 5.24. The van der Waals surface area contributed by atoms with Crippen LogP contribution in [-0.4, -0.2) is 25.0 Å². The molecule has 17 heavy (non-hydrogen) atoms. The Labute approximate surface area is 103 Å². The number of nitrogens with one attached hydrogen (secondary N) is 1. The van der Waals surface area contributed by atoms with Crippen LogP contribution >= 0.6 is 0 Å². The molecular formula is C13H23NO3. The van der Waals surface area contributed by atoms with Crippen molar-refractivity contribution in [2.75, 3.05) is 7.05 Å². The Bertz CT molecular complexity index is 301. The number of likely N-dealkylation sites (N-methyl/N-ethyl adjacent to an activating group) is 1. The van der Waals surface area contributed by atoms with Crippen LogP contribution in [0.3, 0.4) is 0 Å². The lowest BCUT2D eigenvalue weighted by Crippen LogP contribution is -2.38. The predicted octanol–water partition coefficient (Wildman–Crippen LogP) is 1.88. The molecule has 0 heterocycles. The van der Waals surface area contributed by atoms with Crippen molar-refractivity contribution >= 4 is 11.9 Å². The first kappa shape index (κ1) is 14.0. The number of carbonyl (C=O) groups excluding carboxylic acids is 2. The van der Waals surface area contributed by atoms with Crippen molar-refractivity contribution in [1.29, 1.82) is 0 Å². The number of esters is 1. The lowest BCUT2D eigenvalue weighted by Gasteiger charge is -2.40. The molecule has 0 aromatic carbocycles. The van der Waals surface area contributed by atoms with Gasteiger partial charge in [-0.1, -0.05) is 20.8 Å². The van der Waals surface area contributed by atoms with Gasteiger partial charge in [0.2, 0.25) is 0 Å². The van der Waals surface area contributed by atoms with E-state index >= 15 is 0 Å². The molecule has 1 aliphatic rings. The minimum absolute atomic E-state index is 0.110. The average Bonchev–Trinajstić information content (AvgIpc) is 2.27. The summed E-state index contributed by atoms with van der Waals surface area (Å²) in [5, 5.41) is 2.28. The summed E-state index contributed by atoms with van der Waals surface area (Å²) in [4.78, 5) is 22.5. The van der Waals surface area contributed by atoms with E-state index in [4.69, 9.17) is 4.74 Å². The van der Waals surface area contributed by atoms with E-state index in [1.54, 1.807) is 0 Å². The van der Waals surface area contributed by atoms with E-state index < -0.39 is 11.9 Å². The van der Waals surface area contributed by atoms with E-state index in [-0.39, 0.29) is 11.5 Å². The molecule has 0 radical (unpaired) electrons. The van der Waals surface area contributed by atoms with E-state index in [2.05, 4.69) is 26.1 Å². The number of hydrogen-bond donors (Lipinski definition) is 1. The number of amides is 1. The molecule has 4 nitrogen and oxygen atoms in total. The van der Waals surface area contributed by atoms with Crippen molar-refractivity contribution in [2.24, 2.45) is 11.3 Å². The Hall–Kier alpha value is -1.06. The summed E-state index contributed by atoms with van der Waals surface area (Å²) in [6, 6.07) is 0. The maximum atomic E-state index is 11.4. The summed E-state index contributed by atoms with van der Waals surface area (Å²) in [6.07, 6.45) is 3.83. The van der Waals surface area contributed by atoms with Crippen LogP contribution in [0.5, 0.6) is 0 Å². The summed E-state index contributed by atoms with van der Waals surface area (Å²) in [7, 11) is 1.43. The summed E-state index contributed by atoms with van der Waals surface area (Å²) in [6.45, 7) is 6.63. The van der Waals surface area contributed by atoms with Gasteiger partial charge in [-0.25, -0.2) is 4.79 Å². The Kier molecular flexibility index (Phi) is 4.54. The fraction of sp³-hybridized carbons (Fsp3) is 0.846. The standard InChI is InChI=1S/C13H23NO3/c1-9(2)13(3)7-5-6-10(8-13)17-12(16)11(15)14-4/h9-10H,5-8H2,1-4H3,(H,14,15). The van der Waals surface area contributed by atoms with Gasteiger partial charge in [0.05, 0.1) is 0 Å². The van der Waals surface area contributed by atoms with Gasteiger partial charge in [0, 0.05) is 7.05 Å². The van der Waals surface area contributed by atoms with Gasteiger partial charge >= 0.3 is 11.9 Å². The first-order chi connectivity index (χ1) is 7.89. The molecule has 1 fully saturated rings. The third-order valence-electron chi connectivity index (χ3n) is 4.05. The van der Waals surface area contributed by atoms with Crippen LogP contribution in [0, 0.1) is 11.3 Å². The molecule has 0 bridgehead atoms. The normalized spacial score (nSPS) is 28.9. The molecule has 98 valence electrons. The molecule has 1 aliphatic carbocycles. The van der Waals surface area contributed by atoms with E-state index in [1.165, 1.54) is 13.5 Å². The van der Waals surface area contributed by atoms with Gasteiger partial charge in [0.1, 0.15) is 6.10 Å². The van der Waals surface area contributed by atoms with Crippen molar-refractivity contribution in [3.63, 3.8) is 0 Å². The predicted molar refractivity (Wildman–Crippen MR) is 65.4 cm³/mol. The van der Waals surface area contributed by atoms with Crippen LogP contribution in [0.15, 0.2) is 0 Å². The fourth-order valence-electron chi connectivity index (χ4n) is 2.39. The molecule has 0 aromatic rings. The third kappa shape index (κ3) is 3.45. The molecule has 0 aliphatic heterocycles. The van der Waals surface area contributed by atoms with Crippen LogP contribution in [0.1, 0.15) is 46.5 Å². The number of carbonyl (C=O) groups is 2. The molecule has 1 rings (SSSR count). The highest BCUT2D eigenvalue weighted by molar-refractivity contribution is 6.32. The summed E-state index contributed by atoms with van der Waals surface area (Å²) in [5.74, 6) is -0.865. The first-order valence-electron chi connectivity index (χ1n) is 6.32. The maximum absolute atomic E-state index is 11.4. The highest BCUT2D eigenvalue weighted by Crippen LogP contribution is 2.42. The smallest absolute Gasteiger partial charge is 0.397 e. The second-order valence-electron chi connectivity index (χ2n) is 5.51. The molecule has 2 unspecified atom stereocenters. The van der Waals surface area contributed by atoms with Gasteiger partial charge in [-0.15, -0.1) is 0 Å². The van der Waals surface area contributed by atoms with Crippen LogP contribution < -0.4 is 5.32 Å². The topological polar surface area (TPSA) is 55.4 Å². The average molecular weight is 241 g/mol. The van der Waals surface area contributed by atoms with Crippen LogP contribution in [-0.2, 0) is 14.3 Å². The second kappa shape index (κ2) is 5.52. The van der Waals surface area contributed by atoms with Crippen LogP contribution in [0.4, 0.5) is 0 Å². The fourth-order valence-corrected chi connectivity index (χ4v) is 2.39. The minimum Gasteiger partial charge on any atom is -0.455 e. The molecule has 0 aromatic heterocycles. The van der Waals surface area contributed by atoms with E-state index in [9.17, 15) is 9.59 Å². The SMILES string of the molecule is CNC(=O)C(=O)OC1CCCC(C)(C(C)C)C1. The van der Waals surface area contributed by atoms with Crippen molar-refractivity contribution in [2.45, 2.75) is 52.6 Å². The molecule has 1 saturated carbocycles. The van der Waals surface area contributed by atoms with Gasteiger partial charge in [-0.3, -0.25) is 4.79 Å². The van der Waals surface area contributed by atoms with Gasteiger partial charge in [0.15, 0.2) is 0 Å². The molecule has 2 atom stereocenters. The minimum atomic E-state index is -0.759. The summed E-state index contributed by atoms with van der Waals surface area (Å²) >= 11 is 0. The molecule has 1 amide bonds. The third-order valence-corrected chi connectivity index (χ3v) is 4.05. The quantitative estimate of drug-likeness (QED) is 0.593. The van der Waals surface area contributed by atoms with E-state index in [0.717, 1.165) is 19.3 Å². The van der Waals surface area contributed by atoms with Crippen molar-refractivity contribution < 1.29 is 14.3 Å². The Balaban J connectivity index is 2.56. The molecular weight excluding hydrogens is 218 g/mol. The molecule has 1 N–H and O–H groups in total. The Morgan fingerprint density at radius 2 is 2.06 bits per heavy atom. The van der Waals surface area contributed by atoms with Crippen molar-refractivity contribution in [1.82, 2.24) is 5.32 Å². The zero-order valence-electron chi connectivity index (χ0n) is 11.2. The number of hydrogen-bond acceptors (Lipinski definition) is 3. The number of rotatable bonds is 2. The Morgan fingerprint density at radius 3 is 2.59 bits per heavy atom. The van der Waals surface area contributed by atoms with Gasteiger partial charge in [-0.05, 0) is 37.0 Å². The van der Waals surface area contributed by atoms with Crippen LogP contribution in [0.25, 0.3) is 0 Å². The van der Waals surface area contributed by atoms with Gasteiger partial charge < -0.3 is 10.1 Å². The monoisotopic (exact) mass is 241 g/mol. The molecule has 0 saturated heterocycles. The lowest BCUT2D eigenvalue weighted by molar-refractivity contribution is -0.161. The maximum Gasteiger partial charge on any atom is 0.397 e. The highest BCUT2D eigenvalue weighted by Gasteiger charge is 2.36. The summed E-state index contributed by atoms with van der Waals surface area (Å²) in [5.41, 5.74) is 0.214. The first-order valence-corrected chi connectivity index (χ1v) is 6.32. The van der Waals surface area contributed by atoms with Gasteiger partial charge in [0.25, 0.3) is 0 Å². The largest absolute Gasteiger partial charge is 0.455 e. The van der Waals surface area contributed by atoms with E-state index in [0.29, 0.717) is 5.92 Å². The second-order valence-corrected chi connectivity index (χ2v) is 5.51. The van der Waals surface area contributed by atoms with Crippen LogP contribution in [0.2, 0.25) is 0 Å². The zero-order valence-corrected chi connectivity index (χ0v) is 11.2. The van der Waals surface area contributed by atoms with Gasteiger partial charge in [-0.2, -0.15) is 0 Å². The molecule has 4 heteroatoms. The highest BCUT2D eigenvalue weighted by atomic mass is 16.5. The zero-order chi connectivity index (χ0) is 13.1. The van der Waals surface area contributed by atoms with Crippen molar-refractivity contribution in [3.8, 4) is 0 Å².